The molecule has 0 aliphatic heterocycles. The maximum atomic E-state index is 5.55. The van der Waals surface area contributed by atoms with E-state index in [4.69, 9.17) is 4.42 Å². The van der Waals surface area contributed by atoms with Crippen molar-refractivity contribution >= 4 is 31.9 Å². The van der Waals surface area contributed by atoms with Crippen LogP contribution in [0.2, 0.25) is 0 Å². The molecule has 1 heterocycles. The first kappa shape index (κ1) is 13.6. The first-order valence-corrected chi connectivity index (χ1v) is 7.72. The van der Waals surface area contributed by atoms with E-state index in [1.165, 1.54) is 25.7 Å². The van der Waals surface area contributed by atoms with Crippen molar-refractivity contribution in [2.24, 2.45) is 5.41 Å². The van der Waals surface area contributed by atoms with Crippen LogP contribution in [0.5, 0.6) is 0 Å². The molecular weight excluding hydrogens is 346 g/mol. The lowest BCUT2D eigenvalue weighted by atomic mass is 9.75. The molecule has 1 aliphatic carbocycles. The average molecular weight is 365 g/mol. The van der Waals surface area contributed by atoms with Crippen molar-refractivity contribution in [3.05, 3.63) is 21.0 Å². The highest BCUT2D eigenvalue weighted by Crippen LogP contribution is 2.35. The lowest BCUT2D eigenvalue weighted by Gasteiger charge is -2.34. The van der Waals surface area contributed by atoms with Gasteiger partial charge in [0.1, 0.15) is 5.76 Å². The van der Waals surface area contributed by atoms with Gasteiger partial charge in [-0.05, 0) is 69.0 Å². The first-order valence-electron chi connectivity index (χ1n) is 6.13. The summed E-state index contributed by atoms with van der Waals surface area (Å²) in [6.45, 7) is 5.54. The number of hydrogen-bond acceptors (Lipinski definition) is 2. The Morgan fingerprint density at radius 2 is 2.00 bits per heavy atom. The van der Waals surface area contributed by atoms with Crippen molar-refractivity contribution in [1.82, 2.24) is 5.32 Å². The number of rotatable bonds is 3. The molecule has 0 bridgehead atoms. The van der Waals surface area contributed by atoms with Crippen molar-refractivity contribution < 1.29 is 4.42 Å². The van der Waals surface area contributed by atoms with E-state index < -0.39 is 0 Å². The number of nitrogens with one attached hydrogen (secondary N) is 1. The minimum absolute atomic E-state index is 0.537. The molecule has 1 aromatic rings. The van der Waals surface area contributed by atoms with Gasteiger partial charge in [0, 0.05) is 6.04 Å². The molecule has 0 radical (unpaired) electrons. The molecule has 0 aromatic carbocycles. The van der Waals surface area contributed by atoms with Crippen molar-refractivity contribution in [2.45, 2.75) is 52.1 Å². The Hall–Kier alpha value is 0.200. The third-order valence-corrected chi connectivity index (χ3v) is 5.31. The van der Waals surface area contributed by atoms with Gasteiger partial charge in [0.15, 0.2) is 4.67 Å². The van der Waals surface area contributed by atoms with Crippen molar-refractivity contribution in [3.63, 3.8) is 0 Å². The maximum Gasteiger partial charge on any atom is 0.183 e. The van der Waals surface area contributed by atoms with Crippen LogP contribution < -0.4 is 5.32 Å². The van der Waals surface area contributed by atoms with Gasteiger partial charge in [0.2, 0.25) is 0 Å². The molecule has 17 heavy (non-hydrogen) atoms. The highest BCUT2D eigenvalue weighted by molar-refractivity contribution is 9.13. The summed E-state index contributed by atoms with van der Waals surface area (Å²) in [4.78, 5) is 0. The zero-order chi connectivity index (χ0) is 12.5. The summed E-state index contributed by atoms with van der Waals surface area (Å²) in [6, 6.07) is 2.66. The summed E-state index contributed by atoms with van der Waals surface area (Å²) in [5.74, 6) is 0.980. The average Bonchev–Trinajstić information content (AvgIpc) is 2.57. The second kappa shape index (κ2) is 5.45. The summed E-state index contributed by atoms with van der Waals surface area (Å²) < 4.78 is 7.32. The van der Waals surface area contributed by atoms with E-state index in [1.54, 1.807) is 0 Å². The van der Waals surface area contributed by atoms with Crippen LogP contribution in [0.25, 0.3) is 0 Å². The summed E-state index contributed by atoms with van der Waals surface area (Å²) >= 11 is 6.78. The Balaban J connectivity index is 1.79. The van der Waals surface area contributed by atoms with Crippen LogP contribution in [0.15, 0.2) is 19.6 Å². The number of hydrogen-bond donors (Lipinski definition) is 1. The normalized spacial score (nSPS) is 20.7. The standard InChI is InChI=1S/C13H19Br2NO/c1-13(2)5-3-9(4-6-13)16-8-10-7-11(14)12(15)17-10/h7,9,16H,3-6,8H2,1-2H3. The van der Waals surface area contributed by atoms with E-state index in [0.29, 0.717) is 11.5 Å². The van der Waals surface area contributed by atoms with Crippen LogP contribution in [0.4, 0.5) is 0 Å². The van der Waals surface area contributed by atoms with Gasteiger partial charge >= 0.3 is 0 Å². The zero-order valence-corrected chi connectivity index (χ0v) is 13.5. The van der Waals surface area contributed by atoms with Gasteiger partial charge in [-0.2, -0.15) is 0 Å². The lowest BCUT2D eigenvalue weighted by molar-refractivity contribution is 0.204. The molecule has 1 fully saturated rings. The SMILES string of the molecule is CC1(C)CCC(NCc2cc(Br)c(Br)o2)CC1. The minimum atomic E-state index is 0.537. The zero-order valence-electron chi connectivity index (χ0n) is 10.4. The predicted octanol–water partition coefficient (Wildman–Crippen LogP) is 4.86. The minimum Gasteiger partial charge on any atom is -0.452 e. The molecule has 4 heteroatoms. The predicted molar refractivity (Wildman–Crippen MR) is 77.0 cm³/mol. The monoisotopic (exact) mass is 363 g/mol. The van der Waals surface area contributed by atoms with E-state index in [-0.39, 0.29) is 0 Å². The Labute approximate surface area is 120 Å². The Kier molecular flexibility index (Phi) is 4.37. The second-order valence-corrected chi connectivity index (χ2v) is 7.23. The molecule has 1 aromatic heterocycles. The smallest absolute Gasteiger partial charge is 0.183 e. The summed E-state index contributed by atoms with van der Waals surface area (Å²) in [6.07, 6.45) is 5.18. The molecule has 2 rings (SSSR count). The lowest BCUT2D eigenvalue weighted by Crippen LogP contribution is -2.35. The molecule has 96 valence electrons. The van der Waals surface area contributed by atoms with E-state index >= 15 is 0 Å². The molecule has 2 nitrogen and oxygen atoms in total. The van der Waals surface area contributed by atoms with Gasteiger partial charge in [-0.1, -0.05) is 13.8 Å². The molecule has 0 saturated heterocycles. The summed E-state index contributed by atoms with van der Waals surface area (Å²) in [5.41, 5.74) is 0.537. The number of furan rings is 1. The van der Waals surface area contributed by atoms with Crippen LogP contribution in [0, 0.1) is 5.41 Å². The highest BCUT2D eigenvalue weighted by Gasteiger charge is 2.26. The largest absolute Gasteiger partial charge is 0.452 e. The summed E-state index contributed by atoms with van der Waals surface area (Å²) in [7, 11) is 0. The molecule has 1 aliphatic rings. The number of halogens is 2. The van der Waals surface area contributed by atoms with Crippen LogP contribution in [0.3, 0.4) is 0 Å². The van der Waals surface area contributed by atoms with E-state index in [2.05, 4.69) is 51.0 Å². The molecular formula is C13H19Br2NO. The Morgan fingerprint density at radius 1 is 1.35 bits per heavy atom. The van der Waals surface area contributed by atoms with Crippen LogP contribution in [0.1, 0.15) is 45.3 Å². The topological polar surface area (TPSA) is 25.2 Å². The van der Waals surface area contributed by atoms with E-state index in [9.17, 15) is 0 Å². The third kappa shape index (κ3) is 3.83. The van der Waals surface area contributed by atoms with Gasteiger partial charge < -0.3 is 9.73 Å². The van der Waals surface area contributed by atoms with Crippen LogP contribution >= 0.6 is 31.9 Å². The fourth-order valence-electron chi connectivity index (χ4n) is 2.33. The van der Waals surface area contributed by atoms with Crippen molar-refractivity contribution in [2.75, 3.05) is 0 Å². The van der Waals surface area contributed by atoms with Crippen LogP contribution in [-0.2, 0) is 6.54 Å². The molecule has 1 saturated carbocycles. The maximum absolute atomic E-state index is 5.55. The van der Waals surface area contributed by atoms with Gasteiger partial charge in [-0.3, -0.25) is 0 Å². The molecule has 1 N–H and O–H groups in total. The van der Waals surface area contributed by atoms with E-state index in [1.807, 2.05) is 6.07 Å². The molecule has 0 amide bonds. The van der Waals surface area contributed by atoms with Crippen LogP contribution in [-0.4, -0.2) is 6.04 Å². The Morgan fingerprint density at radius 3 is 2.53 bits per heavy atom. The molecule has 0 unspecified atom stereocenters. The second-order valence-electron chi connectivity index (χ2n) is 5.65. The highest BCUT2D eigenvalue weighted by atomic mass is 79.9. The van der Waals surface area contributed by atoms with Gasteiger partial charge in [0.05, 0.1) is 11.0 Å². The Bertz CT molecular complexity index is 357. The van der Waals surface area contributed by atoms with Crippen molar-refractivity contribution in [3.8, 4) is 0 Å². The fraction of sp³-hybridized carbons (Fsp3) is 0.692. The van der Waals surface area contributed by atoms with Crippen molar-refractivity contribution in [1.29, 1.82) is 0 Å². The van der Waals surface area contributed by atoms with Gasteiger partial charge in [0.25, 0.3) is 0 Å². The van der Waals surface area contributed by atoms with E-state index in [0.717, 1.165) is 21.4 Å². The molecule has 0 atom stereocenters. The fourth-order valence-corrected chi connectivity index (χ4v) is 2.99. The van der Waals surface area contributed by atoms with Gasteiger partial charge in [-0.15, -0.1) is 0 Å². The molecule has 0 spiro atoms. The summed E-state index contributed by atoms with van der Waals surface area (Å²) in [5, 5.41) is 3.58. The quantitative estimate of drug-likeness (QED) is 0.828. The third-order valence-electron chi connectivity index (χ3n) is 3.60. The van der Waals surface area contributed by atoms with Gasteiger partial charge in [-0.25, -0.2) is 0 Å². The first-order chi connectivity index (χ1) is 7.96.